The van der Waals surface area contributed by atoms with E-state index in [-0.39, 0.29) is 5.91 Å². The van der Waals surface area contributed by atoms with Gasteiger partial charge < -0.3 is 14.8 Å². The zero-order valence-electron chi connectivity index (χ0n) is 17.2. The number of carbonyl (C=O) groups is 1. The first-order valence-corrected chi connectivity index (χ1v) is 10.8. The van der Waals surface area contributed by atoms with Gasteiger partial charge in [-0.25, -0.2) is 0 Å². The van der Waals surface area contributed by atoms with Crippen molar-refractivity contribution in [1.82, 2.24) is 0 Å². The molecule has 3 aromatic rings. The van der Waals surface area contributed by atoms with Crippen LogP contribution in [0.15, 0.2) is 77.3 Å². The van der Waals surface area contributed by atoms with Crippen LogP contribution < -0.4 is 14.8 Å². The van der Waals surface area contributed by atoms with Crippen LogP contribution in [0.5, 0.6) is 11.5 Å². The van der Waals surface area contributed by atoms with Gasteiger partial charge in [-0.15, -0.1) is 0 Å². The van der Waals surface area contributed by atoms with Crippen LogP contribution in [-0.4, -0.2) is 19.1 Å². The maximum absolute atomic E-state index is 12.9. The minimum absolute atomic E-state index is 0.225. The fourth-order valence-corrected chi connectivity index (χ4v) is 3.22. The van der Waals surface area contributed by atoms with E-state index in [1.165, 1.54) is 5.56 Å². The highest BCUT2D eigenvalue weighted by atomic mass is 79.9. The minimum Gasteiger partial charge on any atom is -0.493 e. The van der Waals surface area contributed by atoms with Crippen LogP contribution in [0.25, 0.3) is 0 Å². The highest BCUT2D eigenvalue weighted by molar-refractivity contribution is 9.10. The van der Waals surface area contributed by atoms with Crippen molar-refractivity contribution in [3.05, 3.63) is 88.4 Å². The maximum atomic E-state index is 12.9. The monoisotopic (exact) mass is 467 g/mol. The lowest BCUT2D eigenvalue weighted by Gasteiger charge is -2.14. The smallest absolute Gasteiger partial charge is 0.259 e. The number of benzene rings is 3. The van der Waals surface area contributed by atoms with Gasteiger partial charge in [0.25, 0.3) is 5.91 Å². The van der Waals surface area contributed by atoms with Crippen molar-refractivity contribution < 1.29 is 14.3 Å². The van der Waals surface area contributed by atoms with Crippen LogP contribution in [-0.2, 0) is 6.42 Å². The van der Waals surface area contributed by atoms with Gasteiger partial charge in [-0.05, 0) is 41.8 Å². The highest BCUT2D eigenvalue weighted by Gasteiger charge is 2.14. The summed E-state index contributed by atoms with van der Waals surface area (Å²) in [7, 11) is 0. The molecule has 156 valence electrons. The molecule has 0 atom stereocenters. The van der Waals surface area contributed by atoms with Crippen LogP contribution in [0.1, 0.15) is 29.8 Å². The molecule has 0 aliphatic heterocycles. The summed E-state index contributed by atoms with van der Waals surface area (Å²) in [5.74, 6) is 1.43. The second-order valence-electron chi connectivity index (χ2n) is 7.41. The largest absolute Gasteiger partial charge is 0.493 e. The van der Waals surface area contributed by atoms with E-state index in [0.29, 0.717) is 41.9 Å². The van der Waals surface area contributed by atoms with Crippen LogP contribution in [0.3, 0.4) is 0 Å². The lowest BCUT2D eigenvalue weighted by molar-refractivity contribution is 0.102. The fraction of sp³-hybridized carbons (Fsp3) is 0.240. The standard InChI is InChI=1S/C25H26BrNO3/c1-18(2)17-30-24-12-11-20(26)15-23(24)25(28)27-21-9-6-10-22(16-21)29-14-13-19-7-4-3-5-8-19/h3-12,15-16,18H,13-14,17H2,1-2H3,(H,27,28). The van der Waals surface area contributed by atoms with Crippen molar-refractivity contribution in [1.29, 1.82) is 0 Å². The van der Waals surface area contributed by atoms with Gasteiger partial charge >= 0.3 is 0 Å². The van der Waals surface area contributed by atoms with Crippen LogP contribution >= 0.6 is 15.9 Å². The molecule has 3 aromatic carbocycles. The van der Waals surface area contributed by atoms with Gasteiger partial charge in [0, 0.05) is 22.6 Å². The maximum Gasteiger partial charge on any atom is 0.259 e. The average Bonchev–Trinajstić information content (AvgIpc) is 2.74. The Labute approximate surface area is 186 Å². The molecular weight excluding hydrogens is 442 g/mol. The summed E-state index contributed by atoms with van der Waals surface area (Å²) >= 11 is 3.43. The van der Waals surface area contributed by atoms with Crippen molar-refractivity contribution in [2.75, 3.05) is 18.5 Å². The van der Waals surface area contributed by atoms with E-state index in [4.69, 9.17) is 9.47 Å². The first kappa shape index (κ1) is 21.9. The van der Waals surface area contributed by atoms with Crippen molar-refractivity contribution in [3.63, 3.8) is 0 Å². The predicted molar refractivity (Wildman–Crippen MR) is 125 cm³/mol. The highest BCUT2D eigenvalue weighted by Crippen LogP contribution is 2.26. The summed E-state index contributed by atoms with van der Waals surface area (Å²) in [5.41, 5.74) is 2.39. The van der Waals surface area contributed by atoms with E-state index in [2.05, 4.69) is 47.2 Å². The molecule has 0 spiro atoms. The van der Waals surface area contributed by atoms with E-state index < -0.39 is 0 Å². The number of amides is 1. The van der Waals surface area contributed by atoms with Gasteiger partial charge in [0.1, 0.15) is 11.5 Å². The zero-order chi connectivity index (χ0) is 21.3. The normalized spacial score (nSPS) is 10.7. The number of hydrogen-bond donors (Lipinski definition) is 1. The summed E-state index contributed by atoms with van der Waals surface area (Å²) in [6, 6.07) is 23.1. The van der Waals surface area contributed by atoms with Gasteiger partial charge in [0.15, 0.2) is 0 Å². The third-order valence-electron chi connectivity index (χ3n) is 4.35. The average molecular weight is 468 g/mol. The Morgan fingerprint density at radius 3 is 2.53 bits per heavy atom. The van der Waals surface area contributed by atoms with E-state index >= 15 is 0 Å². The topological polar surface area (TPSA) is 47.6 Å². The van der Waals surface area contributed by atoms with E-state index in [1.54, 1.807) is 6.07 Å². The van der Waals surface area contributed by atoms with E-state index in [0.717, 1.165) is 10.9 Å². The van der Waals surface area contributed by atoms with Crippen LogP contribution in [0.4, 0.5) is 5.69 Å². The summed E-state index contributed by atoms with van der Waals surface area (Å²) < 4.78 is 12.5. The molecule has 0 radical (unpaired) electrons. The Morgan fingerprint density at radius 2 is 1.77 bits per heavy atom. The number of nitrogens with one attached hydrogen (secondary N) is 1. The molecule has 0 heterocycles. The number of rotatable bonds is 9. The summed E-state index contributed by atoms with van der Waals surface area (Å²) in [6.07, 6.45) is 0.825. The summed E-state index contributed by atoms with van der Waals surface area (Å²) in [6.45, 7) is 5.26. The van der Waals surface area contributed by atoms with Crippen LogP contribution in [0.2, 0.25) is 0 Å². The molecular formula is C25H26BrNO3. The Hall–Kier alpha value is -2.79. The summed E-state index contributed by atoms with van der Waals surface area (Å²) in [4.78, 5) is 12.9. The first-order valence-electron chi connectivity index (χ1n) is 10.0. The Balaban J connectivity index is 1.64. The Morgan fingerprint density at radius 1 is 0.967 bits per heavy atom. The zero-order valence-corrected chi connectivity index (χ0v) is 18.8. The molecule has 0 fully saturated rings. The summed E-state index contributed by atoms with van der Waals surface area (Å²) in [5, 5.41) is 2.94. The van der Waals surface area contributed by atoms with Crippen LogP contribution in [0, 0.1) is 5.92 Å². The number of halogens is 1. The van der Waals surface area contributed by atoms with Gasteiger partial charge in [-0.1, -0.05) is 66.2 Å². The molecule has 0 bridgehead atoms. The molecule has 0 unspecified atom stereocenters. The second kappa shape index (κ2) is 10.8. The Bertz CT molecular complexity index is 973. The van der Waals surface area contributed by atoms with Gasteiger partial charge in [-0.3, -0.25) is 4.79 Å². The van der Waals surface area contributed by atoms with Crippen molar-refractivity contribution in [3.8, 4) is 11.5 Å². The molecule has 1 amide bonds. The molecule has 1 N–H and O–H groups in total. The number of hydrogen-bond acceptors (Lipinski definition) is 3. The molecule has 0 saturated heterocycles. The lowest BCUT2D eigenvalue weighted by atomic mass is 10.1. The first-order chi connectivity index (χ1) is 14.5. The van der Waals surface area contributed by atoms with E-state index in [9.17, 15) is 4.79 Å². The predicted octanol–water partition coefficient (Wildman–Crippen LogP) is 6.36. The van der Waals surface area contributed by atoms with Gasteiger partial charge in [0.2, 0.25) is 0 Å². The van der Waals surface area contributed by atoms with Gasteiger partial charge in [0.05, 0.1) is 18.8 Å². The molecule has 0 aromatic heterocycles. The van der Waals surface area contributed by atoms with Crippen molar-refractivity contribution >= 4 is 27.5 Å². The lowest BCUT2D eigenvalue weighted by Crippen LogP contribution is -2.15. The van der Waals surface area contributed by atoms with Crippen molar-refractivity contribution in [2.45, 2.75) is 20.3 Å². The second-order valence-corrected chi connectivity index (χ2v) is 8.33. The molecule has 0 aliphatic carbocycles. The minimum atomic E-state index is -0.225. The van der Waals surface area contributed by atoms with E-state index in [1.807, 2.05) is 54.6 Å². The molecule has 0 saturated carbocycles. The molecule has 4 nitrogen and oxygen atoms in total. The van der Waals surface area contributed by atoms with Gasteiger partial charge in [-0.2, -0.15) is 0 Å². The number of anilines is 1. The fourth-order valence-electron chi connectivity index (χ4n) is 2.86. The molecule has 5 heteroatoms. The molecule has 0 aliphatic rings. The number of ether oxygens (including phenoxy) is 2. The Kier molecular flexibility index (Phi) is 7.91. The SMILES string of the molecule is CC(C)COc1ccc(Br)cc1C(=O)Nc1cccc(OCCc2ccccc2)c1. The molecule has 30 heavy (non-hydrogen) atoms. The molecule has 3 rings (SSSR count). The number of carbonyl (C=O) groups excluding carboxylic acids is 1. The third kappa shape index (κ3) is 6.63. The third-order valence-corrected chi connectivity index (χ3v) is 4.85. The van der Waals surface area contributed by atoms with Crippen molar-refractivity contribution in [2.24, 2.45) is 5.92 Å². The quantitative estimate of drug-likeness (QED) is 0.398.